The van der Waals surface area contributed by atoms with Crippen molar-refractivity contribution >= 4 is 15.7 Å². The normalized spacial score (nSPS) is 15.1. The van der Waals surface area contributed by atoms with E-state index in [0.29, 0.717) is 17.9 Å². The molecule has 0 spiro atoms. The van der Waals surface area contributed by atoms with Gasteiger partial charge in [0.05, 0.1) is 4.91 Å². The number of rotatable bonds is 5. The second-order valence-electron chi connectivity index (χ2n) is 5.65. The first-order valence-electron chi connectivity index (χ1n) is 7.29. The predicted molar refractivity (Wildman–Crippen MR) is 89.9 cm³/mol. The Labute approximate surface area is 141 Å². The van der Waals surface area contributed by atoms with Gasteiger partial charge >= 0.3 is 0 Å². The number of carbonyl (C=O) groups is 1. The molecular weight excluding hydrogens is 330 g/mol. The minimum absolute atomic E-state index is 0.000915. The van der Waals surface area contributed by atoms with Crippen LogP contribution in [0.1, 0.15) is 20.3 Å². The number of para-hydroxylation sites is 1. The number of sulfone groups is 1. The lowest BCUT2D eigenvalue weighted by atomic mass is 10.2. The summed E-state index contributed by atoms with van der Waals surface area (Å²) in [5.41, 5.74) is 1.40. The highest BCUT2D eigenvalue weighted by atomic mass is 32.2. The molecule has 0 atom stereocenters. The van der Waals surface area contributed by atoms with Crippen LogP contribution in [0.2, 0.25) is 0 Å². The van der Waals surface area contributed by atoms with E-state index >= 15 is 0 Å². The summed E-state index contributed by atoms with van der Waals surface area (Å²) in [6.07, 6.45) is 6.51. The van der Waals surface area contributed by atoms with Gasteiger partial charge in [-0.2, -0.15) is 0 Å². The Hall–Kier alpha value is -2.38. The van der Waals surface area contributed by atoms with Crippen LogP contribution in [0.25, 0.3) is 0 Å². The van der Waals surface area contributed by atoms with Crippen molar-refractivity contribution in [2.24, 2.45) is 0 Å². The van der Waals surface area contributed by atoms with Crippen molar-refractivity contribution < 1.29 is 23.2 Å². The molecule has 0 aromatic heterocycles. The number of benzene rings is 1. The van der Waals surface area contributed by atoms with E-state index in [1.165, 1.54) is 37.6 Å². The van der Waals surface area contributed by atoms with Crippen LogP contribution in [0.3, 0.4) is 0 Å². The molecule has 1 aliphatic carbocycles. The molecule has 2 rings (SSSR count). The van der Waals surface area contributed by atoms with Crippen molar-refractivity contribution in [3.63, 3.8) is 0 Å². The number of ether oxygens (including phenoxy) is 1. The van der Waals surface area contributed by atoms with Gasteiger partial charge in [-0.3, -0.25) is 10.0 Å². The summed E-state index contributed by atoms with van der Waals surface area (Å²) in [6, 6.07) is 9.12. The van der Waals surface area contributed by atoms with Gasteiger partial charge in [-0.05, 0) is 50.6 Å². The van der Waals surface area contributed by atoms with E-state index in [9.17, 15) is 13.2 Å². The molecule has 0 radical (unpaired) electrons. The number of nitrogens with one attached hydrogen (secondary N) is 1. The van der Waals surface area contributed by atoms with Crippen molar-refractivity contribution in [2.75, 3.05) is 0 Å². The lowest BCUT2D eigenvalue weighted by molar-refractivity contribution is -0.131. The largest absolute Gasteiger partial charge is 0.458 e. The third-order valence-corrected chi connectivity index (χ3v) is 6.11. The van der Waals surface area contributed by atoms with Crippen molar-refractivity contribution in [1.82, 2.24) is 5.48 Å². The number of carbonyl (C=O) groups excluding carboxylic acids is 1. The second kappa shape index (κ2) is 7.02. The molecule has 0 bridgehead atoms. The Morgan fingerprint density at radius 1 is 1.17 bits per heavy atom. The standard InChI is InChI=1S/C17H19NO5S/c1-17(2,16(19)18-20)24(21,22)15-10-6-9-14(11-12-15)23-13-7-4-3-5-8-13/h3-5,7-12,20H,6H2,1-2H3,(H,18,19). The van der Waals surface area contributed by atoms with Crippen molar-refractivity contribution in [1.29, 1.82) is 0 Å². The summed E-state index contributed by atoms with van der Waals surface area (Å²) in [5, 5.41) is 8.76. The van der Waals surface area contributed by atoms with Gasteiger partial charge in [-0.1, -0.05) is 24.3 Å². The summed E-state index contributed by atoms with van der Waals surface area (Å²) in [7, 11) is -3.98. The zero-order chi connectivity index (χ0) is 17.8. The number of allylic oxidation sites excluding steroid dienone is 4. The Kier molecular flexibility index (Phi) is 5.26. The fraction of sp³-hybridized carbons (Fsp3) is 0.235. The van der Waals surface area contributed by atoms with Crippen LogP contribution < -0.4 is 10.2 Å². The van der Waals surface area contributed by atoms with Crippen LogP contribution in [-0.2, 0) is 14.6 Å². The monoisotopic (exact) mass is 349 g/mol. The molecule has 24 heavy (non-hydrogen) atoms. The smallest absolute Gasteiger partial charge is 0.264 e. The molecule has 0 aliphatic heterocycles. The van der Waals surface area contributed by atoms with E-state index in [-0.39, 0.29) is 4.91 Å². The van der Waals surface area contributed by atoms with Gasteiger partial charge in [0.2, 0.25) is 0 Å². The third kappa shape index (κ3) is 3.58. The highest BCUT2D eigenvalue weighted by Crippen LogP contribution is 2.28. The van der Waals surface area contributed by atoms with Crippen LogP contribution >= 0.6 is 0 Å². The molecule has 0 fully saturated rings. The predicted octanol–water partition coefficient (Wildman–Crippen LogP) is 2.49. The Bertz CT molecular complexity index is 805. The molecule has 2 N–H and O–H groups in total. The average molecular weight is 349 g/mol. The molecule has 6 nitrogen and oxygen atoms in total. The number of hydrogen-bond donors (Lipinski definition) is 2. The van der Waals surface area contributed by atoms with Crippen LogP contribution in [0.4, 0.5) is 0 Å². The molecule has 0 saturated heterocycles. The lowest BCUT2D eigenvalue weighted by Crippen LogP contribution is -2.47. The fourth-order valence-electron chi connectivity index (χ4n) is 2.04. The molecule has 1 amide bonds. The van der Waals surface area contributed by atoms with Crippen LogP contribution in [-0.4, -0.2) is 24.3 Å². The summed E-state index contributed by atoms with van der Waals surface area (Å²) >= 11 is 0. The Balaban J connectivity index is 2.22. The Morgan fingerprint density at radius 3 is 2.46 bits per heavy atom. The molecule has 1 aromatic carbocycles. The molecule has 128 valence electrons. The van der Waals surface area contributed by atoms with Gasteiger partial charge in [-0.15, -0.1) is 0 Å². The fourth-order valence-corrected chi connectivity index (χ4v) is 3.48. The van der Waals surface area contributed by atoms with E-state index in [2.05, 4.69) is 0 Å². The molecule has 1 aliphatic rings. The first-order valence-corrected chi connectivity index (χ1v) is 8.78. The Morgan fingerprint density at radius 2 is 1.83 bits per heavy atom. The van der Waals surface area contributed by atoms with E-state index in [0.717, 1.165) is 0 Å². The van der Waals surface area contributed by atoms with Crippen molar-refractivity contribution in [3.8, 4) is 5.75 Å². The van der Waals surface area contributed by atoms with Gasteiger partial charge < -0.3 is 4.74 Å². The van der Waals surface area contributed by atoms with Crippen LogP contribution in [0.15, 0.2) is 65.3 Å². The summed E-state index contributed by atoms with van der Waals surface area (Å²) in [6.45, 7) is 2.48. The molecular formula is C17H19NO5S. The number of hydroxylamine groups is 1. The second-order valence-corrected chi connectivity index (χ2v) is 8.15. The maximum absolute atomic E-state index is 12.7. The summed E-state index contributed by atoms with van der Waals surface area (Å²) in [4.78, 5) is 11.7. The molecule has 7 heteroatoms. The first kappa shape index (κ1) is 18.0. The molecule has 1 aromatic rings. The van der Waals surface area contributed by atoms with Crippen LogP contribution in [0.5, 0.6) is 5.75 Å². The van der Waals surface area contributed by atoms with E-state index in [4.69, 9.17) is 9.94 Å². The first-order chi connectivity index (χ1) is 11.3. The maximum Gasteiger partial charge on any atom is 0.264 e. The van der Waals surface area contributed by atoms with Gasteiger partial charge in [0, 0.05) is 0 Å². The average Bonchev–Trinajstić information content (AvgIpc) is 2.80. The summed E-state index contributed by atoms with van der Waals surface area (Å²) < 4.78 is 29.2. The highest BCUT2D eigenvalue weighted by molar-refractivity contribution is 7.97. The zero-order valence-electron chi connectivity index (χ0n) is 13.4. The molecule has 0 heterocycles. The SMILES string of the molecule is CC(C)(C(=O)NO)S(=O)(=O)C1=CCC=C(Oc2ccccc2)C=C1. The third-order valence-electron chi connectivity index (χ3n) is 3.66. The van der Waals surface area contributed by atoms with Gasteiger partial charge in [0.1, 0.15) is 11.5 Å². The highest BCUT2D eigenvalue weighted by Gasteiger charge is 2.43. The quantitative estimate of drug-likeness (QED) is 0.629. The van der Waals surface area contributed by atoms with Gasteiger partial charge in [0.15, 0.2) is 14.6 Å². The summed E-state index contributed by atoms with van der Waals surface area (Å²) in [5.74, 6) is 0.154. The van der Waals surface area contributed by atoms with E-state index in [1.54, 1.807) is 18.2 Å². The minimum Gasteiger partial charge on any atom is -0.458 e. The van der Waals surface area contributed by atoms with Gasteiger partial charge in [-0.25, -0.2) is 13.9 Å². The van der Waals surface area contributed by atoms with E-state index in [1.807, 2.05) is 18.2 Å². The minimum atomic E-state index is -3.98. The van der Waals surface area contributed by atoms with Crippen molar-refractivity contribution in [3.05, 3.63) is 65.3 Å². The van der Waals surface area contributed by atoms with Crippen LogP contribution in [0, 0.1) is 0 Å². The maximum atomic E-state index is 12.7. The van der Waals surface area contributed by atoms with Crippen molar-refractivity contribution in [2.45, 2.75) is 25.0 Å². The molecule has 0 unspecified atom stereocenters. The lowest BCUT2D eigenvalue weighted by Gasteiger charge is -2.22. The number of amides is 1. The van der Waals surface area contributed by atoms with E-state index < -0.39 is 20.5 Å². The number of hydrogen-bond acceptors (Lipinski definition) is 5. The topological polar surface area (TPSA) is 92.7 Å². The molecule has 0 saturated carbocycles. The van der Waals surface area contributed by atoms with Gasteiger partial charge in [0.25, 0.3) is 5.91 Å². The zero-order valence-corrected chi connectivity index (χ0v) is 14.2.